The van der Waals surface area contributed by atoms with Crippen LogP contribution in [0, 0.1) is 0 Å². The van der Waals surface area contributed by atoms with Crippen LogP contribution in [0.1, 0.15) is 6.92 Å². The van der Waals surface area contributed by atoms with Crippen molar-refractivity contribution in [2.24, 2.45) is 0 Å². The fourth-order valence-corrected chi connectivity index (χ4v) is 2.83. The summed E-state index contributed by atoms with van der Waals surface area (Å²) in [5, 5.41) is 3.08. The summed E-state index contributed by atoms with van der Waals surface area (Å²) in [6, 6.07) is 6.07. The molecule has 6 nitrogen and oxygen atoms in total. The number of halogens is 1. The summed E-state index contributed by atoms with van der Waals surface area (Å²) in [5.41, 5.74) is 0.209. The van der Waals surface area contributed by atoms with Gasteiger partial charge < -0.3 is 10.1 Å². The van der Waals surface area contributed by atoms with Gasteiger partial charge in [-0.2, -0.15) is 0 Å². The van der Waals surface area contributed by atoms with Crippen molar-refractivity contribution in [1.29, 1.82) is 0 Å². The molecular formula is C13H13ClN2O4S. The Hall–Kier alpha value is -1.86. The number of carbonyl (C=O) groups is 1. The lowest BCUT2D eigenvalue weighted by Crippen LogP contribution is -2.28. The van der Waals surface area contributed by atoms with E-state index in [2.05, 4.69) is 10.3 Å². The first-order valence-electron chi connectivity index (χ1n) is 6.15. The maximum Gasteiger partial charge on any atom is 0.263 e. The van der Waals surface area contributed by atoms with E-state index in [0.29, 0.717) is 17.7 Å². The lowest BCUT2D eigenvalue weighted by molar-refractivity contribution is -0.122. The highest BCUT2D eigenvalue weighted by molar-refractivity contribution is 8.14. The molecule has 0 aliphatic heterocycles. The van der Waals surface area contributed by atoms with Crippen LogP contribution in [0.3, 0.4) is 0 Å². The highest BCUT2D eigenvalue weighted by Crippen LogP contribution is 2.31. The van der Waals surface area contributed by atoms with Crippen molar-refractivity contribution < 1.29 is 17.9 Å². The van der Waals surface area contributed by atoms with Crippen LogP contribution in [0.15, 0.2) is 35.4 Å². The molecule has 0 bridgehead atoms. The van der Waals surface area contributed by atoms with E-state index in [0.717, 1.165) is 0 Å². The minimum Gasteiger partial charge on any atom is -0.483 e. The predicted molar refractivity (Wildman–Crippen MR) is 79.0 cm³/mol. The molecule has 0 fully saturated rings. The lowest BCUT2D eigenvalue weighted by atomic mass is 10.2. The Morgan fingerprint density at radius 2 is 2.14 bits per heavy atom. The number of nitrogens with one attached hydrogen (secondary N) is 1. The number of benzene rings is 1. The number of nitrogens with zero attached hydrogens (tertiary/aromatic N) is 1. The third kappa shape index (κ3) is 3.62. The van der Waals surface area contributed by atoms with Gasteiger partial charge in [-0.25, -0.2) is 8.42 Å². The third-order valence-corrected chi connectivity index (χ3v) is 4.04. The van der Waals surface area contributed by atoms with Gasteiger partial charge in [-0.1, -0.05) is 0 Å². The summed E-state index contributed by atoms with van der Waals surface area (Å²) >= 11 is 0. The third-order valence-electron chi connectivity index (χ3n) is 2.69. The SMILES string of the molecule is CCNC(=O)COc1ccc(S(=O)(=O)Cl)c2ncccc12. The molecule has 0 aliphatic rings. The van der Waals surface area contributed by atoms with Crippen LogP contribution in [0.25, 0.3) is 10.9 Å². The number of amides is 1. The van der Waals surface area contributed by atoms with Crippen LogP contribution in [-0.4, -0.2) is 32.5 Å². The quantitative estimate of drug-likeness (QED) is 0.844. The molecule has 1 aromatic heterocycles. The highest BCUT2D eigenvalue weighted by atomic mass is 35.7. The van der Waals surface area contributed by atoms with E-state index in [1.807, 2.05) is 0 Å². The van der Waals surface area contributed by atoms with E-state index >= 15 is 0 Å². The number of fused-ring (bicyclic) bond motifs is 1. The standard InChI is InChI=1S/C13H13ClN2O4S/c1-2-15-12(17)8-20-10-5-6-11(21(14,18)19)13-9(10)4-3-7-16-13/h3-7H,2,8H2,1H3,(H,15,17). The topological polar surface area (TPSA) is 85.4 Å². The smallest absolute Gasteiger partial charge is 0.263 e. The Balaban J connectivity index is 2.41. The first-order chi connectivity index (χ1) is 9.93. The Kier molecular flexibility index (Phi) is 4.64. The second-order valence-corrected chi connectivity index (χ2v) is 6.68. The fourth-order valence-electron chi connectivity index (χ4n) is 1.83. The molecule has 1 N–H and O–H groups in total. The van der Waals surface area contributed by atoms with E-state index < -0.39 is 9.05 Å². The number of rotatable bonds is 5. The zero-order valence-corrected chi connectivity index (χ0v) is 12.7. The highest BCUT2D eigenvalue weighted by Gasteiger charge is 2.17. The molecule has 1 heterocycles. The molecule has 0 saturated carbocycles. The maximum absolute atomic E-state index is 11.5. The van der Waals surface area contributed by atoms with Crippen molar-refractivity contribution in [3.05, 3.63) is 30.5 Å². The minimum atomic E-state index is -3.91. The van der Waals surface area contributed by atoms with Gasteiger partial charge in [0.2, 0.25) is 0 Å². The maximum atomic E-state index is 11.5. The van der Waals surface area contributed by atoms with Gasteiger partial charge in [0, 0.05) is 28.8 Å². The van der Waals surface area contributed by atoms with Gasteiger partial charge in [0.15, 0.2) is 6.61 Å². The number of pyridine rings is 1. The van der Waals surface area contributed by atoms with Gasteiger partial charge in [0.05, 0.1) is 5.52 Å². The van der Waals surface area contributed by atoms with E-state index in [9.17, 15) is 13.2 Å². The van der Waals surface area contributed by atoms with Crippen molar-refractivity contribution in [2.45, 2.75) is 11.8 Å². The van der Waals surface area contributed by atoms with Crippen molar-refractivity contribution in [1.82, 2.24) is 10.3 Å². The number of carbonyl (C=O) groups excluding carboxylic acids is 1. The van der Waals surface area contributed by atoms with Crippen molar-refractivity contribution in [2.75, 3.05) is 13.2 Å². The molecular weight excluding hydrogens is 316 g/mol. The van der Waals surface area contributed by atoms with E-state index in [4.69, 9.17) is 15.4 Å². The first-order valence-corrected chi connectivity index (χ1v) is 8.46. The van der Waals surface area contributed by atoms with Gasteiger partial charge in [-0.3, -0.25) is 9.78 Å². The van der Waals surface area contributed by atoms with Gasteiger partial charge in [0.1, 0.15) is 10.6 Å². The molecule has 112 valence electrons. The van der Waals surface area contributed by atoms with Crippen LogP contribution >= 0.6 is 10.7 Å². The van der Waals surface area contributed by atoms with Crippen molar-refractivity contribution in [3.8, 4) is 5.75 Å². The summed E-state index contributed by atoms with van der Waals surface area (Å²) in [6.45, 7) is 2.15. The Morgan fingerprint density at radius 1 is 1.38 bits per heavy atom. The van der Waals surface area contributed by atoms with Gasteiger partial charge in [0.25, 0.3) is 15.0 Å². The van der Waals surface area contributed by atoms with Crippen molar-refractivity contribution >= 4 is 36.5 Å². The van der Waals surface area contributed by atoms with Crippen LogP contribution in [-0.2, 0) is 13.8 Å². The largest absolute Gasteiger partial charge is 0.483 e. The average molecular weight is 329 g/mol. The molecule has 0 aliphatic carbocycles. The normalized spacial score (nSPS) is 11.3. The number of aromatic nitrogens is 1. The summed E-state index contributed by atoms with van der Waals surface area (Å²) in [7, 11) is 1.47. The molecule has 8 heteroatoms. The molecule has 0 radical (unpaired) electrons. The minimum absolute atomic E-state index is 0.0925. The molecule has 0 spiro atoms. The molecule has 0 unspecified atom stereocenters. The zero-order chi connectivity index (χ0) is 15.5. The van der Waals surface area contributed by atoms with E-state index in [1.54, 1.807) is 19.1 Å². The lowest BCUT2D eigenvalue weighted by Gasteiger charge is -2.10. The molecule has 1 aromatic carbocycles. The molecule has 21 heavy (non-hydrogen) atoms. The van der Waals surface area contributed by atoms with E-state index in [1.165, 1.54) is 18.3 Å². The van der Waals surface area contributed by atoms with Crippen LogP contribution in [0.4, 0.5) is 0 Å². The summed E-state index contributed by atoms with van der Waals surface area (Å²) in [5.74, 6) is 0.108. The Morgan fingerprint density at radius 3 is 2.81 bits per heavy atom. The second kappa shape index (κ2) is 6.28. The monoisotopic (exact) mass is 328 g/mol. The number of likely N-dealkylation sites (N-methyl/N-ethyl adjacent to an activating group) is 1. The van der Waals surface area contributed by atoms with Crippen LogP contribution < -0.4 is 10.1 Å². The molecule has 0 atom stereocenters. The molecule has 1 amide bonds. The average Bonchev–Trinajstić information content (AvgIpc) is 2.43. The summed E-state index contributed by atoms with van der Waals surface area (Å²) < 4.78 is 28.5. The number of ether oxygens (including phenoxy) is 1. The zero-order valence-electron chi connectivity index (χ0n) is 11.2. The predicted octanol–water partition coefficient (Wildman–Crippen LogP) is 1.68. The van der Waals surface area contributed by atoms with Gasteiger partial charge in [-0.15, -0.1) is 0 Å². The Labute approximate surface area is 126 Å². The van der Waals surface area contributed by atoms with Gasteiger partial charge in [-0.05, 0) is 31.2 Å². The van der Waals surface area contributed by atoms with Crippen molar-refractivity contribution in [3.63, 3.8) is 0 Å². The van der Waals surface area contributed by atoms with Crippen LogP contribution in [0.5, 0.6) is 5.75 Å². The molecule has 2 aromatic rings. The molecule has 0 saturated heterocycles. The van der Waals surface area contributed by atoms with Gasteiger partial charge >= 0.3 is 0 Å². The molecule has 2 rings (SSSR count). The first kappa shape index (κ1) is 15.5. The Bertz CT molecular complexity index is 777. The summed E-state index contributed by atoms with van der Waals surface area (Å²) in [6.07, 6.45) is 1.46. The second-order valence-electron chi connectivity index (χ2n) is 4.14. The number of hydrogen-bond donors (Lipinski definition) is 1. The van der Waals surface area contributed by atoms with Crippen LogP contribution in [0.2, 0.25) is 0 Å². The number of hydrogen-bond acceptors (Lipinski definition) is 5. The summed E-state index contributed by atoms with van der Waals surface area (Å²) in [4.78, 5) is 15.3. The van der Waals surface area contributed by atoms with E-state index in [-0.39, 0.29) is 22.9 Å². The fraction of sp³-hybridized carbons (Fsp3) is 0.231.